The molecule has 4 heteroatoms. The zero-order valence-corrected chi connectivity index (χ0v) is 11.3. The van der Waals surface area contributed by atoms with Crippen LogP contribution in [0.25, 0.3) is 0 Å². The molecule has 0 atom stereocenters. The van der Waals surface area contributed by atoms with Gasteiger partial charge < -0.3 is 10.0 Å². The van der Waals surface area contributed by atoms with Crippen molar-refractivity contribution in [1.82, 2.24) is 0 Å². The Kier molecular flexibility index (Phi) is 4.05. The van der Waals surface area contributed by atoms with Gasteiger partial charge in [-0.2, -0.15) is 0 Å². The van der Waals surface area contributed by atoms with Crippen LogP contribution in [0, 0.1) is 0 Å². The molecule has 0 aliphatic carbocycles. The fourth-order valence-corrected chi connectivity index (χ4v) is 2.53. The van der Waals surface area contributed by atoms with Crippen molar-refractivity contribution in [2.75, 3.05) is 24.6 Å². The number of hydrogen-bond donors (Lipinski definition) is 1. The fraction of sp³-hybridized carbons (Fsp3) is 0.538. The van der Waals surface area contributed by atoms with Crippen molar-refractivity contribution in [2.24, 2.45) is 0 Å². The molecule has 94 valence electrons. The van der Waals surface area contributed by atoms with E-state index in [1.165, 1.54) is 0 Å². The number of nitrogens with zero attached hydrogens (tertiary/aromatic N) is 1. The highest BCUT2D eigenvalue weighted by atomic mass is 79.9. The number of benzene rings is 1. The molecule has 2 rings (SSSR count). The summed E-state index contributed by atoms with van der Waals surface area (Å²) >= 11 is 3.40. The molecule has 17 heavy (non-hydrogen) atoms. The van der Waals surface area contributed by atoms with Gasteiger partial charge in [0, 0.05) is 36.3 Å². The number of alkyl halides is 1. The summed E-state index contributed by atoms with van der Waals surface area (Å²) < 4.78 is 15.2. The van der Waals surface area contributed by atoms with Crippen molar-refractivity contribution in [3.63, 3.8) is 0 Å². The average molecular weight is 302 g/mol. The number of halogens is 2. The number of rotatable bonds is 3. The van der Waals surface area contributed by atoms with Crippen LogP contribution in [0.3, 0.4) is 0 Å². The average Bonchev–Trinajstić information content (AvgIpc) is 2.31. The van der Waals surface area contributed by atoms with Gasteiger partial charge in [-0.1, -0.05) is 15.9 Å². The molecule has 0 unspecified atom stereocenters. The molecule has 1 saturated heterocycles. The van der Waals surface area contributed by atoms with E-state index in [1.54, 1.807) is 0 Å². The van der Waals surface area contributed by atoms with E-state index in [0.29, 0.717) is 12.8 Å². The third-order valence-electron chi connectivity index (χ3n) is 3.41. The first-order valence-electron chi connectivity index (χ1n) is 5.93. The van der Waals surface area contributed by atoms with Crippen molar-refractivity contribution in [1.29, 1.82) is 0 Å². The Labute approximate surface area is 110 Å². The van der Waals surface area contributed by atoms with Gasteiger partial charge >= 0.3 is 0 Å². The molecular weight excluding hydrogens is 285 g/mol. The number of aliphatic hydroxyl groups is 1. The Morgan fingerprint density at radius 2 is 1.82 bits per heavy atom. The van der Waals surface area contributed by atoms with E-state index in [9.17, 15) is 4.39 Å². The van der Waals surface area contributed by atoms with Crippen LogP contribution in [-0.4, -0.2) is 30.5 Å². The molecular formula is C13H17BrFNO. The Morgan fingerprint density at radius 3 is 2.35 bits per heavy atom. The highest BCUT2D eigenvalue weighted by molar-refractivity contribution is 9.10. The first-order chi connectivity index (χ1) is 8.13. The number of aliphatic hydroxyl groups excluding tert-OH is 1. The van der Waals surface area contributed by atoms with Crippen LogP contribution in [0.15, 0.2) is 28.7 Å². The van der Waals surface area contributed by atoms with Gasteiger partial charge in [0.05, 0.1) is 0 Å². The molecule has 0 amide bonds. The van der Waals surface area contributed by atoms with Crippen molar-refractivity contribution >= 4 is 21.6 Å². The fourth-order valence-electron chi connectivity index (χ4n) is 2.27. The minimum absolute atomic E-state index is 0.0607. The highest BCUT2D eigenvalue weighted by Gasteiger charge is 2.33. The zero-order chi connectivity index (χ0) is 12.3. The zero-order valence-electron chi connectivity index (χ0n) is 9.70. The molecule has 0 spiro atoms. The van der Waals surface area contributed by atoms with Crippen molar-refractivity contribution in [3.8, 4) is 0 Å². The summed E-state index contributed by atoms with van der Waals surface area (Å²) in [6.07, 6.45) is 1.27. The quantitative estimate of drug-likeness (QED) is 0.927. The van der Waals surface area contributed by atoms with Crippen LogP contribution in [-0.2, 0) is 0 Å². The normalized spacial score (nSPS) is 19.4. The lowest BCUT2D eigenvalue weighted by molar-refractivity contribution is 0.0866. The van der Waals surface area contributed by atoms with Gasteiger partial charge in [-0.3, -0.25) is 0 Å². The lowest BCUT2D eigenvalue weighted by atomic mass is 9.90. The van der Waals surface area contributed by atoms with Gasteiger partial charge in [0.15, 0.2) is 0 Å². The number of hydrogen-bond acceptors (Lipinski definition) is 2. The molecule has 0 radical (unpaired) electrons. The predicted octanol–water partition coefficient (Wildman–Crippen LogP) is 3.14. The minimum Gasteiger partial charge on any atom is -0.396 e. The first kappa shape index (κ1) is 12.8. The van der Waals surface area contributed by atoms with Crippen molar-refractivity contribution < 1.29 is 9.50 Å². The van der Waals surface area contributed by atoms with E-state index in [4.69, 9.17) is 5.11 Å². The van der Waals surface area contributed by atoms with E-state index in [-0.39, 0.29) is 13.0 Å². The summed E-state index contributed by atoms with van der Waals surface area (Å²) in [5, 5.41) is 8.84. The second-order valence-electron chi connectivity index (χ2n) is 4.59. The SMILES string of the molecule is OCCC1(F)CCN(c2ccc(Br)cc2)CC1. The van der Waals surface area contributed by atoms with Gasteiger partial charge in [0.25, 0.3) is 0 Å². The third-order valence-corrected chi connectivity index (χ3v) is 3.94. The van der Waals surface area contributed by atoms with Crippen molar-refractivity contribution in [3.05, 3.63) is 28.7 Å². The summed E-state index contributed by atoms with van der Waals surface area (Å²) in [5.41, 5.74) is -0.0279. The number of piperidine rings is 1. The van der Waals surface area contributed by atoms with E-state index in [0.717, 1.165) is 23.2 Å². The molecule has 1 fully saturated rings. The van der Waals surface area contributed by atoms with Crippen LogP contribution < -0.4 is 4.90 Å². The summed E-state index contributed by atoms with van der Waals surface area (Å²) in [6.45, 7) is 1.38. The van der Waals surface area contributed by atoms with Crippen LogP contribution >= 0.6 is 15.9 Å². The van der Waals surface area contributed by atoms with Crippen LogP contribution in [0.2, 0.25) is 0 Å². The van der Waals surface area contributed by atoms with Gasteiger partial charge in [-0.05, 0) is 37.1 Å². The Balaban J connectivity index is 1.97. The summed E-state index contributed by atoms with van der Waals surface area (Å²) in [7, 11) is 0. The van der Waals surface area contributed by atoms with Crippen LogP contribution in [0.1, 0.15) is 19.3 Å². The summed E-state index contributed by atoms with van der Waals surface area (Å²) in [5.74, 6) is 0. The van der Waals surface area contributed by atoms with Gasteiger partial charge in [-0.25, -0.2) is 4.39 Å². The first-order valence-corrected chi connectivity index (χ1v) is 6.73. The standard InChI is InChI=1S/C13H17BrFNO/c14-11-1-3-12(4-2-11)16-8-5-13(15,6-9-16)7-10-17/h1-4,17H,5-10H2. The highest BCUT2D eigenvalue weighted by Crippen LogP contribution is 2.32. The maximum atomic E-state index is 14.1. The maximum absolute atomic E-state index is 14.1. The van der Waals surface area contributed by atoms with E-state index in [1.807, 2.05) is 24.3 Å². The molecule has 1 heterocycles. The smallest absolute Gasteiger partial charge is 0.116 e. The van der Waals surface area contributed by atoms with Gasteiger partial charge in [-0.15, -0.1) is 0 Å². The molecule has 2 nitrogen and oxygen atoms in total. The van der Waals surface area contributed by atoms with E-state index >= 15 is 0 Å². The minimum atomic E-state index is -1.17. The van der Waals surface area contributed by atoms with E-state index in [2.05, 4.69) is 20.8 Å². The van der Waals surface area contributed by atoms with Gasteiger partial charge in [0.2, 0.25) is 0 Å². The molecule has 0 bridgehead atoms. The van der Waals surface area contributed by atoms with E-state index < -0.39 is 5.67 Å². The van der Waals surface area contributed by atoms with Crippen LogP contribution in [0.4, 0.5) is 10.1 Å². The monoisotopic (exact) mass is 301 g/mol. The van der Waals surface area contributed by atoms with Gasteiger partial charge in [0.1, 0.15) is 5.67 Å². The molecule has 1 N–H and O–H groups in total. The summed E-state index contributed by atoms with van der Waals surface area (Å²) in [6, 6.07) is 8.09. The predicted molar refractivity (Wildman–Crippen MR) is 71.1 cm³/mol. The molecule has 1 aliphatic heterocycles. The second kappa shape index (κ2) is 5.36. The number of anilines is 1. The largest absolute Gasteiger partial charge is 0.396 e. The molecule has 1 aromatic rings. The molecule has 1 aromatic carbocycles. The topological polar surface area (TPSA) is 23.5 Å². The Bertz CT molecular complexity index is 360. The Morgan fingerprint density at radius 1 is 1.24 bits per heavy atom. The molecule has 1 aliphatic rings. The lowest BCUT2D eigenvalue weighted by Gasteiger charge is -2.37. The lowest BCUT2D eigenvalue weighted by Crippen LogP contribution is -2.42. The second-order valence-corrected chi connectivity index (χ2v) is 5.50. The van der Waals surface area contributed by atoms with Crippen molar-refractivity contribution in [2.45, 2.75) is 24.9 Å². The maximum Gasteiger partial charge on any atom is 0.116 e. The summed E-state index contributed by atoms with van der Waals surface area (Å²) in [4.78, 5) is 2.20. The molecule has 0 saturated carbocycles. The Hall–Kier alpha value is -0.610. The third kappa shape index (κ3) is 3.19. The molecule has 0 aromatic heterocycles. The van der Waals surface area contributed by atoms with Crippen LogP contribution in [0.5, 0.6) is 0 Å².